The molecule has 4 N–H and O–H groups in total. The van der Waals surface area contributed by atoms with Gasteiger partial charge in [-0.15, -0.1) is 0 Å². The molecule has 0 aliphatic rings. The lowest BCUT2D eigenvalue weighted by Gasteiger charge is -2.32. The Kier molecular flexibility index (Phi) is 10.0. The monoisotopic (exact) mass is 526 g/mol. The summed E-state index contributed by atoms with van der Waals surface area (Å²) in [6, 6.07) is 7.59. The number of carboxylic acids is 2. The van der Waals surface area contributed by atoms with E-state index in [2.05, 4.69) is 41.5 Å². The predicted octanol–water partition coefficient (Wildman–Crippen LogP) is 7.30. The summed E-state index contributed by atoms with van der Waals surface area (Å²) < 4.78 is 0. The summed E-state index contributed by atoms with van der Waals surface area (Å²) >= 11 is 0. The average Bonchev–Trinajstić information content (AvgIpc) is 2.83. The van der Waals surface area contributed by atoms with Gasteiger partial charge in [0.25, 0.3) is 0 Å². The van der Waals surface area contributed by atoms with E-state index in [1.54, 1.807) is 0 Å². The van der Waals surface area contributed by atoms with E-state index in [-0.39, 0.29) is 47.0 Å². The molecular weight excluding hydrogens is 480 g/mol. The van der Waals surface area contributed by atoms with Gasteiger partial charge in [-0.3, -0.25) is 9.59 Å². The Bertz CT molecular complexity index is 1070. The van der Waals surface area contributed by atoms with Crippen LogP contribution in [-0.4, -0.2) is 32.4 Å². The molecule has 0 aliphatic heterocycles. The zero-order valence-electron chi connectivity index (χ0n) is 24.3. The van der Waals surface area contributed by atoms with Gasteiger partial charge in [-0.1, -0.05) is 79.7 Å². The largest absolute Gasteiger partial charge is 0.507 e. The fraction of sp³-hybridized carbons (Fsp3) is 0.562. The number of hydrogen-bond donors (Lipinski definition) is 4. The Balaban J connectivity index is 2.91. The fourth-order valence-electron chi connectivity index (χ4n) is 5.00. The van der Waals surface area contributed by atoms with E-state index in [9.17, 15) is 30.0 Å². The highest BCUT2D eigenvalue weighted by Gasteiger charge is 2.33. The minimum Gasteiger partial charge on any atom is -0.507 e. The molecule has 0 fully saturated rings. The molecule has 0 saturated carbocycles. The highest BCUT2D eigenvalue weighted by molar-refractivity contribution is 5.68. The molecule has 38 heavy (non-hydrogen) atoms. The molecule has 0 aliphatic carbocycles. The summed E-state index contributed by atoms with van der Waals surface area (Å²) in [4.78, 5) is 22.7. The van der Waals surface area contributed by atoms with Gasteiger partial charge in [0.05, 0.1) is 0 Å². The predicted molar refractivity (Wildman–Crippen MR) is 151 cm³/mol. The Labute approximate surface area is 227 Å². The number of aryl methyl sites for hydroxylation is 2. The first-order chi connectivity index (χ1) is 17.5. The average molecular weight is 527 g/mol. The van der Waals surface area contributed by atoms with Gasteiger partial charge in [0, 0.05) is 41.0 Å². The van der Waals surface area contributed by atoms with Gasteiger partial charge in [0.15, 0.2) is 0 Å². The van der Waals surface area contributed by atoms with Crippen molar-refractivity contribution in [2.24, 2.45) is 5.92 Å². The van der Waals surface area contributed by atoms with E-state index < -0.39 is 11.9 Å². The first kappa shape index (κ1) is 31.2. The zero-order valence-corrected chi connectivity index (χ0v) is 24.3. The Morgan fingerprint density at radius 2 is 1.05 bits per heavy atom. The van der Waals surface area contributed by atoms with Crippen LogP contribution in [0, 0.1) is 5.92 Å². The van der Waals surface area contributed by atoms with Crippen LogP contribution in [0.15, 0.2) is 24.3 Å². The Morgan fingerprint density at radius 1 is 0.711 bits per heavy atom. The van der Waals surface area contributed by atoms with Crippen LogP contribution >= 0.6 is 0 Å². The first-order valence-electron chi connectivity index (χ1n) is 13.7. The number of carboxylic acid groups (broad SMARTS) is 2. The lowest BCUT2D eigenvalue weighted by atomic mass is 9.73. The molecule has 0 amide bonds. The summed E-state index contributed by atoms with van der Waals surface area (Å²) in [6.07, 6.45) is 2.18. The second kappa shape index (κ2) is 12.2. The van der Waals surface area contributed by atoms with Crippen molar-refractivity contribution in [2.75, 3.05) is 0 Å². The number of rotatable bonds is 13. The van der Waals surface area contributed by atoms with Gasteiger partial charge in [0.2, 0.25) is 0 Å². The van der Waals surface area contributed by atoms with Gasteiger partial charge < -0.3 is 20.4 Å². The topological polar surface area (TPSA) is 115 Å². The van der Waals surface area contributed by atoms with Gasteiger partial charge >= 0.3 is 11.9 Å². The molecular formula is C32H46O6. The lowest BCUT2D eigenvalue weighted by Crippen LogP contribution is -2.20. The molecule has 0 aromatic heterocycles. The maximum Gasteiger partial charge on any atom is 0.303 e. The number of phenols is 2. The van der Waals surface area contributed by atoms with Crippen molar-refractivity contribution >= 4 is 11.9 Å². The van der Waals surface area contributed by atoms with Crippen molar-refractivity contribution in [1.29, 1.82) is 0 Å². The van der Waals surface area contributed by atoms with Crippen LogP contribution in [0.5, 0.6) is 11.5 Å². The number of aliphatic carboxylic acids is 2. The van der Waals surface area contributed by atoms with Gasteiger partial charge in [-0.2, -0.15) is 0 Å². The summed E-state index contributed by atoms with van der Waals surface area (Å²) in [5, 5.41) is 42.0. The van der Waals surface area contributed by atoms with Crippen LogP contribution in [0.2, 0.25) is 0 Å². The number of carbonyl (C=O) groups is 2. The molecule has 2 aromatic carbocycles. The molecule has 0 spiro atoms. The third-order valence-electron chi connectivity index (χ3n) is 8.22. The minimum absolute atomic E-state index is 0.0205. The van der Waals surface area contributed by atoms with Crippen molar-refractivity contribution in [3.8, 4) is 11.5 Å². The SMILES string of the molecule is CCC(C)(C)c1cc(CCC(=O)O)cc(C(c2cc(CCC(=O)O)cc(C(C)(C)CC)c2O)C(C)C)c1O. The van der Waals surface area contributed by atoms with E-state index >= 15 is 0 Å². The molecule has 0 unspecified atom stereocenters. The first-order valence-corrected chi connectivity index (χ1v) is 13.7. The van der Waals surface area contributed by atoms with Gasteiger partial charge in [0.1, 0.15) is 11.5 Å². The maximum absolute atomic E-state index is 11.7. The third kappa shape index (κ3) is 7.09. The summed E-state index contributed by atoms with van der Waals surface area (Å²) in [5.41, 5.74) is 3.81. The highest BCUT2D eigenvalue weighted by Crippen LogP contribution is 2.48. The maximum atomic E-state index is 11.7. The molecule has 6 heteroatoms. The van der Waals surface area contributed by atoms with Crippen molar-refractivity contribution in [3.63, 3.8) is 0 Å². The fourth-order valence-corrected chi connectivity index (χ4v) is 5.00. The van der Waals surface area contributed by atoms with E-state index in [1.807, 2.05) is 38.1 Å². The molecule has 0 heterocycles. The number of hydrogen-bond acceptors (Lipinski definition) is 4. The second-order valence-corrected chi connectivity index (χ2v) is 12.1. The summed E-state index contributed by atoms with van der Waals surface area (Å²) in [6.45, 7) is 16.4. The third-order valence-corrected chi connectivity index (χ3v) is 8.22. The molecule has 0 atom stereocenters. The van der Waals surface area contributed by atoms with E-state index in [4.69, 9.17) is 0 Å². The normalized spacial score (nSPS) is 12.4. The van der Waals surface area contributed by atoms with Crippen molar-refractivity contribution in [3.05, 3.63) is 57.6 Å². The smallest absolute Gasteiger partial charge is 0.303 e. The molecule has 6 nitrogen and oxygen atoms in total. The second-order valence-electron chi connectivity index (χ2n) is 12.1. The summed E-state index contributed by atoms with van der Waals surface area (Å²) in [5.74, 6) is -1.84. The quantitative estimate of drug-likeness (QED) is 0.218. The number of benzene rings is 2. The Hall–Kier alpha value is -3.02. The van der Waals surface area contributed by atoms with E-state index in [1.165, 1.54) is 0 Å². The van der Waals surface area contributed by atoms with Crippen molar-refractivity contribution in [1.82, 2.24) is 0 Å². The van der Waals surface area contributed by atoms with Crippen molar-refractivity contribution in [2.45, 2.75) is 111 Å². The molecule has 0 bridgehead atoms. The van der Waals surface area contributed by atoms with Crippen molar-refractivity contribution < 1.29 is 30.0 Å². The van der Waals surface area contributed by atoms with Crippen LogP contribution in [-0.2, 0) is 33.3 Å². The molecule has 0 radical (unpaired) electrons. The van der Waals surface area contributed by atoms with E-state index in [0.717, 1.165) is 35.1 Å². The minimum atomic E-state index is -0.883. The number of aromatic hydroxyl groups is 2. The molecule has 210 valence electrons. The molecule has 2 rings (SSSR count). The van der Waals surface area contributed by atoms with Gasteiger partial charge in [-0.05, 0) is 53.6 Å². The molecule has 0 saturated heterocycles. The standard InChI is InChI=1S/C32H46O6/c1-9-31(5,6)24-17-20(11-13-26(33)34)15-22(29(24)37)28(19(3)4)23-16-21(12-14-27(35)36)18-25(30(23)38)32(7,8)10-2/h15-19,28,37-38H,9-14H2,1-8H3,(H,33,34)(H,35,36). The van der Waals surface area contributed by atoms with Crippen LogP contribution in [0.4, 0.5) is 0 Å². The van der Waals surface area contributed by atoms with Gasteiger partial charge in [-0.25, -0.2) is 0 Å². The van der Waals surface area contributed by atoms with Crippen LogP contribution in [0.3, 0.4) is 0 Å². The highest BCUT2D eigenvalue weighted by atomic mass is 16.4. The Morgan fingerprint density at radius 3 is 1.32 bits per heavy atom. The van der Waals surface area contributed by atoms with Crippen LogP contribution in [0.1, 0.15) is 120 Å². The lowest BCUT2D eigenvalue weighted by molar-refractivity contribution is -0.138. The summed E-state index contributed by atoms with van der Waals surface area (Å²) in [7, 11) is 0. The van der Waals surface area contributed by atoms with Crippen LogP contribution < -0.4 is 0 Å². The van der Waals surface area contributed by atoms with Crippen LogP contribution in [0.25, 0.3) is 0 Å². The number of phenolic OH excluding ortho intramolecular Hbond substituents is 2. The molecule has 2 aromatic rings. The zero-order chi connectivity index (χ0) is 29.0. The van der Waals surface area contributed by atoms with E-state index in [0.29, 0.717) is 24.0 Å².